The van der Waals surface area contributed by atoms with E-state index in [2.05, 4.69) is 9.88 Å². The number of piperidine rings is 1. The first kappa shape index (κ1) is 14.6. The molecule has 0 aliphatic carbocycles. The van der Waals surface area contributed by atoms with E-state index in [0.717, 1.165) is 31.1 Å². The molecule has 7 nitrogen and oxygen atoms in total. The highest BCUT2D eigenvalue weighted by Crippen LogP contribution is 2.30. The minimum Gasteiger partial charge on any atom is -0.382 e. The van der Waals surface area contributed by atoms with Crippen LogP contribution in [0.4, 0.5) is 10.9 Å². The molecule has 1 aliphatic heterocycles. The summed E-state index contributed by atoms with van der Waals surface area (Å²) < 4.78 is 0. The highest BCUT2D eigenvalue weighted by atomic mass is 32.1. The average molecular weight is 297 g/mol. The maximum Gasteiger partial charge on any atom is 0.268 e. The van der Waals surface area contributed by atoms with Crippen LogP contribution in [-0.2, 0) is 4.79 Å². The number of rotatable bonds is 4. The molecule has 0 bridgehead atoms. The zero-order valence-corrected chi connectivity index (χ0v) is 12.3. The van der Waals surface area contributed by atoms with Gasteiger partial charge in [-0.15, -0.1) is 0 Å². The van der Waals surface area contributed by atoms with Gasteiger partial charge in [0.05, 0.1) is 6.54 Å². The highest BCUT2D eigenvalue weighted by molar-refractivity contribution is 7.18. The molecule has 0 radical (unpaired) electrons. The Morgan fingerprint density at radius 3 is 2.60 bits per heavy atom. The van der Waals surface area contributed by atoms with Crippen LogP contribution in [0.2, 0.25) is 0 Å². The van der Waals surface area contributed by atoms with Gasteiger partial charge in [0.15, 0.2) is 5.13 Å². The van der Waals surface area contributed by atoms with Gasteiger partial charge in [-0.1, -0.05) is 11.3 Å². The summed E-state index contributed by atoms with van der Waals surface area (Å²) in [5.74, 6) is -0.654. The van der Waals surface area contributed by atoms with Gasteiger partial charge in [0, 0.05) is 20.1 Å². The Morgan fingerprint density at radius 2 is 2.00 bits per heavy atom. The fourth-order valence-electron chi connectivity index (χ4n) is 2.17. The zero-order chi connectivity index (χ0) is 14.7. The maximum absolute atomic E-state index is 12.2. The number of carbonyl (C=O) groups excluding carboxylic acids is 2. The van der Waals surface area contributed by atoms with E-state index in [9.17, 15) is 9.59 Å². The molecule has 8 heteroatoms. The number of nitrogen functional groups attached to an aromatic ring is 1. The van der Waals surface area contributed by atoms with E-state index in [1.807, 2.05) is 0 Å². The van der Waals surface area contributed by atoms with Crippen molar-refractivity contribution in [2.24, 2.45) is 5.73 Å². The van der Waals surface area contributed by atoms with E-state index in [1.165, 1.54) is 29.7 Å². The Hall–Kier alpha value is -1.83. The van der Waals surface area contributed by atoms with E-state index >= 15 is 0 Å². The second-order valence-electron chi connectivity index (χ2n) is 4.89. The van der Waals surface area contributed by atoms with Crippen molar-refractivity contribution in [3.05, 3.63) is 4.88 Å². The highest BCUT2D eigenvalue weighted by Gasteiger charge is 2.23. The van der Waals surface area contributed by atoms with Gasteiger partial charge in [0.1, 0.15) is 10.7 Å². The molecule has 0 atom stereocenters. The fourth-order valence-corrected chi connectivity index (χ4v) is 3.20. The van der Waals surface area contributed by atoms with Crippen LogP contribution in [-0.4, -0.2) is 48.4 Å². The Morgan fingerprint density at radius 1 is 1.35 bits per heavy atom. The molecule has 0 saturated carbocycles. The molecular formula is C12H19N5O2S. The number of hydrogen-bond acceptors (Lipinski definition) is 6. The third-order valence-electron chi connectivity index (χ3n) is 3.20. The molecule has 1 saturated heterocycles. The predicted molar refractivity (Wildman–Crippen MR) is 78.7 cm³/mol. The minimum absolute atomic E-state index is 0.130. The number of hydrogen-bond donors (Lipinski definition) is 2. The van der Waals surface area contributed by atoms with Crippen molar-refractivity contribution >= 4 is 34.1 Å². The van der Waals surface area contributed by atoms with Crippen LogP contribution in [0.25, 0.3) is 0 Å². The molecule has 0 unspecified atom stereocenters. The number of primary amides is 1. The topological polar surface area (TPSA) is 106 Å². The lowest BCUT2D eigenvalue weighted by atomic mass is 10.1. The van der Waals surface area contributed by atoms with E-state index < -0.39 is 5.91 Å². The van der Waals surface area contributed by atoms with Crippen LogP contribution in [0.15, 0.2) is 0 Å². The lowest BCUT2D eigenvalue weighted by Gasteiger charge is -2.25. The smallest absolute Gasteiger partial charge is 0.268 e. The monoisotopic (exact) mass is 297 g/mol. The van der Waals surface area contributed by atoms with Gasteiger partial charge in [-0.25, -0.2) is 4.98 Å². The molecule has 1 fully saturated rings. The van der Waals surface area contributed by atoms with Crippen molar-refractivity contribution in [1.29, 1.82) is 0 Å². The summed E-state index contributed by atoms with van der Waals surface area (Å²) in [5.41, 5.74) is 10.9. The third-order valence-corrected chi connectivity index (χ3v) is 4.32. The first-order valence-electron chi connectivity index (χ1n) is 6.54. The van der Waals surface area contributed by atoms with Crippen molar-refractivity contribution in [1.82, 2.24) is 9.88 Å². The van der Waals surface area contributed by atoms with Crippen LogP contribution in [0.3, 0.4) is 0 Å². The van der Waals surface area contributed by atoms with Crippen LogP contribution in [0.1, 0.15) is 28.9 Å². The van der Waals surface area contributed by atoms with Crippen molar-refractivity contribution in [2.45, 2.75) is 19.3 Å². The second kappa shape index (κ2) is 6.08. The minimum atomic E-state index is -0.555. The third kappa shape index (κ3) is 3.19. The Bertz CT molecular complexity index is 510. The van der Waals surface area contributed by atoms with Crippen LogP contribution < -0.4 is 16.4 Å². The summed E-state index contributed by atoms with van der Waals surface area (Å²) in [6.07, 6.45) is 3.49. The number of amides is 2. The largest absolute Gasteiger partial charge is 0.382 e. The summed E-state index contributed by atoms with van der Waals surface area (Å²) in [5, 5.41) is 0.776. The summed E-state index contributed by atoms with van der Waals surface area (Å²) >= 11 is 1.28. The second-order valence-corrected chi connectivity index (χ2v) is 5.86. The lowest BCUT2D eigenvalue weighted by Crippen LogP contribution is -2.35. The van der Waals surface area contributed by atoms with Gasteiger partial charge < -0.3 is 21.3 Å². The zero-order valence-electron chi connectivity index (χ0n) is 11.5. The quantitative estimate of drug-likeness (QED) is 0.830. The molecule has 1 aromatic rings. The molecule has 2 rings (SSSR count). The van der Waals surface area contributed by atoms with Gasteiger partial charge in [0.25, 0.3) is 5.91 Å². The van der Waals surface area contributed by atoms with Crippen molar-refractivity contribution in [2.75, 3.05) is 37.3 Å². The molecule has 1 aliphatic rings. The Labute approximate surface area is 121 Å². The number of nitrogens with zero attached hydrogens (tertiary/aromatic N) is 3. The number of likely N-dealkylation sites (N-methyl/N-ethyl adjacent to an activating group) is 1. The first-order valence-corrected chi connectivity index (χ1v) is 7.35. The number of carbonyl (C=O) groups is 2. The fraction of sp³-hybridized carbons (Fsp3) is 0.583. The van der Waals surface area contributed by atoms with Gasteiger partial charge in [-0.3, -0.25) is 9.59 Å². The summed E-state index contributed by atoms with van der Waals surface area (Å²) in [6, 6.07) is 0. The number of nitrogens with two attached hydrogens (primary N) is 2. The Kier molecular flexibility index (Phi) is 4.43. The maximum atomic E-state index is 12.2. The standard InChI is InChI=1S/C12H19N5O2S/c1-16(7-8(13)18)11(19)9-10(14)15-12(20-9)17-5-3-2-4-6-17/h2-7,14H2,1H3,(H2,13,18). The molecule has 0 aromatic carbocycles. The normalized spacial score (nSPS) is 15.2. The number of aromatic nitrogens is 1. The van der Waals surface area contributed by atoms with Crippen molar-refractivity contribution in [3.63, 3.8) is 0 Å². The van der Waals surface area contributed by atoms with Gasteiger partial charge in [-0.05, 0) is 19.3 Å². The van der Waals surface area contributed by atoms with Crippen LogP contribution in [0, 0.1) is 0 Å². The first-order chi connectivity index (χ1) is 9.49. The van der Waals surface area contributed by atoms with Crippen molar-refractivity contribution in [3.8, 4) is 0 Å². The molecule has 20 heavy (non-hydrogen) atoms. The number of anilines is 2. The molecule has 110 valence electrons. The molecule has 2 heterocycles. The van der Waals surface area contributed by atoms with Crippen LogP contribution in [0.5, 0.6) is 0 Å². The molecule has 2 amide bonds. The van der Waals surface area contributed by atoms with E-state index in [0.29, 0.717) is 4.88 Å². The lowest BCUT2D eigenvalue weighted by molar-refractivity contribution is -0.118. The Balaban J connectivity index is 2.14. The van der Waals surface area contributed by atoms with E-state index in [1.54, 1.807) is 0 Å². The molecule has 0 spiro atoms. The van der Waals surface area contributed by atoms with E-state index in [-0.39, 0.29) is 18.3 Å². The molecular weight excluding hydrogens is 278 g/mol. The predicted octanol–water partition coefficient (Wildman–Crippen LogP) is 0.273. The SMILES string of the molecule is CN(CC(N)=O)C(=O)c1sc(N2CCCCC2)nc1N. The molecule has 4 N–H and O–H groups in total. The van der Waals surface area contributed by atoms with Gasteiger partial charge in [-0.2, -0.15) is 0 Å². The summed E-state index contributed by atoms with van der Waals surface area (Å²) in [7, 11) is 1.52. The average Bonchev–Trinajstić information content (AvgIpc) is 2.80. The van der Waals surface area contributed by atoms with E-state index in [4.69, 9.17) is 11.5 Å². The van der Waals surface area contributed by atoms with Crippen molar-refractivity contribution < 1.29 is 9.59 Å². The summed E-state index contributed by atoms with van der Waals surface area (Å²) in [6.45, 7) is 1.75. The van der Waals surface area contributed by atoms with Gasteiger partial charge in [0.2, 0.25) is 5.91 Å². The molecule has 1 aromatic heterocycles. The summed E-state index contributed by atoms with van der Waals surface area (Å²) in [4.78, 5) is 31.1. The van der Waals surface area contributed by atoms with Gasteiger partial charge >= 0.3 is 0 Å². The number of thiazole rings is 1. The van der Waals surface area contributed by atoms with Crippen LogP contribution >= 0.6 is 11.3 Å².